The van der Waals surface area contributed by atoms with Crippen LogP contribution in [-0.4, -0.2) is 20.9 Å². The molecule has 0 atom stereocenters. The van der Waals surface area contributed by atoms with Crippen LogP contribution in [0.15, 0.2) is 48.9 Å². The highest BCUT2D eigenvalue weighted by Gasteiger charge is 2.52. The number of carbonyl (C=O) groups is 1. The third kappa shape index (κ3) is 8.59. The first-order valence-electron chi connectivity index (χ1n) is 16.6. The van der Waals surface area contributed by atoms with E-state index in [4.69, 9.17) is 39.5 Å². The zero-order valence-corrected chi connectivity index (χ0v) is 32.6. The number of benzene rings is 5. The van der Waals surface area contributed by atoms with Crippen LogP contribution < -0.4 is 31.2 Å². The molecule has 6 rings (SSSR count). The zero-order valence-electron chi connectivity index (χ0n) is 30.3. The van der Waals surface area contributed by atoms with Crippen LogP contribution in [0.2, 0.25) is 0 Å². The van der Waals surface area contributed by atoms with Crippen molar-refractivity contribution in [3.63, 3.8) is 0 Å². The maximum atomic E-state index is 15.4. The lowest BCUT2D eigenvalue weighted by atomic mass is 9.12. The summed E-state index contributed by atoms with van der Waals surface area (Å²) in [4.78, 5) is 16.0. The number of hydrogen-bond acceptors (Lipinski definition) is 3. The van der Waals surface area contributed by atoms with E-state index in [1.165, 1.54) is 17.0 Å². The van der Waals surface area contributed by atoms with E-state index < -0.39 is 148 Å². The molecule has 344 valence electrons. The summed E-state index contributed by atoms with van der Waals surface area (Å²) in [5, 5.41) is 0. The lowest BCUT2D eigenvalue weighted by molar-refractivity contribution is -0.689. The number of carbonyl (C=O) groups excluding carboxylic acids is 1. The molecule has 0 saturated heterocycles. The number of hydrogen-bond donors (Lipinski definition) is 0. The smallest absolute Gasteiger partial charge is 0.390 e. The van der Waals surface area contributed by atoms with Gasteiger partial charge in [-0.25, -0.2) is 92.8 Å². The molecule has 1 heterocycles. The van der Waals surface area contributed by atoms with Gasteiger partial charge in [-0.3, -0.25) is 4.79 Å². The Morgan fingerprint density at radius 2 is 0.754 bits per heavy atom. The molecule has 0 saturated carbocycles. The Morgan fingerprint density at radius 1 is 0.477 bits per heavy atom. The van der Waals surface area contributed by atoms with Crippen molar-refractivity contribution in [2.75, 3.05) is 0 Å². The summed E-state index contributed by atoms with van der Waals surface area (Å²) >= 11 is 16.7. The Morgan fingerprint density at radius 3 is 1.03 bits per heavy atom. The van der Waals surface area contributed by atoms with Crippen molar-refractivity contribution in [3.05, 3.63) is 171 Å². The van der Waals surface area contributed by atoms with Crippen LogP contribution in [0, 0.1) is 116 Å². The molecule has 0 spiro atoms. The van der Waals surface area contributed by atoms with Crippen LogP contribution >= 0.6 is 34.8 Å². The predicted molar refractivity (Wildman–Crippen MR) is 185 cm³/mol. The van der Waals surface area contributed by atoms with Crippen molar-refractivity contribution in [3.8, 4) is 5.88 Å². The molecule has 0 bridgehead atoms. The molecule has 28 heteroatoms. The lowest BCUT2D eigenvalue weighted by Crippen LogP contribution is -2.81. The number of rotatable bonds is 8. The lowest BCUT2D eigenvalue weighted by Gasteiger charge is -2.44. The number of alkyl halides is 3. The van der Waals surface area contributed by atoms with Crippen molar-refractivity contribution >= 4 is 68.6 Å². The van der Waals surface area contributed by atoms with Crippen LogP contribution in [0.3, 0.4) is 0 Å². The number of Topliss-reactive ketones (excluding diaryl/α,β-unsaturated/α-hetero) is 1. The van der Waals surface area contributed by atoms with E-state index in [0.717, 1.165) is 0 Å². The minimum atomic E-state index is -7.22. The van der Waals surface area contributed by atoms with Crippen molar-refractivity contribution in [2.24, 2.45) is 0 Å². The van der Waals surface area contributed by atoms with Gasteiger partial charge in [0, 0.05) is 5.56 Å². The molecular weight excluding hydrogens is 1000 g/mol. The fourth-order valence-electron chi connectivity index (χ4n) is 6.45. The van der Waals surface area contributed by atoms with Crippen LogP contribution in [0.25, 0.3) is 0 Å². The summed E-state index contributed by atoms with van der Waals surface area (Å²) in [6.07, 6.45) is -2.75. The van der Waals surface area contributed by atoms with Gasteiger partial charge < -0.3 is 4.74 Å². The van der Waals surface area contributed by atoms with Gasteiger partial charge in [0.05, 0.1) is 6.20 Å². The Bertz CT molecular complexity index is 2530. The number of nitrogens with zero attached hydrogens (tertiary/aromatic N) is 2. The first kappa shape index (κ1) is 50.2. The number of aromatic nitrogens is 2. The molecule has 0 fully saturated rings. The molecule has 0 aliphatic heterocycles. The van der Waals surface area contributed by atoms with E-state index >= 15 is 35.1 Å². The van der Waals surface area contributed by atoms with Gasteiger partial charge in [0.1, 0.15) is 58.9 Å². The van der Waals surface area contributed by atoms with E-state index in [1.807, 2.05) is 6.07 Å². The molecule has 1 aromatic heterocycles. The van der Waals surface area contributed by atoms with Gasteiger partial charge in [-0.05, 0) is 34.8 Å². The summed E-state index contributed by atoms with van der Waals surface area (Å²) in [6, 6.07) is 8.90. The molecule has 6 aromatic rings. The Kier molecular flexibility index (Phi) is 14.3. The highest BCUT2D eigenvalue weighted by Crippen LogP contribution is 2.31. The second kappa shape index (κ2) is 18.6. The first-order valence-corrected chi connectivity index (χ1v) is 17.7. The minimum Gasteiger partial charge on any atom is -0.391 e. The van der Waals surface area contributed by atoms with E-state index in [9.17, 15) is 57.5 Å². The highest BCUT2D eigenvalue weighted by atomic mass is 35.6. The van der Waals surface area contributed by atoms with Gasteiger partial charge >= 0.3 is 9.86 Å². The molecule has 0 amide bonds. The molecule has 0 unspecified atom stereocenters. The molecule has 0 aliphatic carbocycles. The number of halogens is 23. The van der Waals surface area contributed by atoms with Gasteiger partial charge in [-0.2, -0.15) is 4.57 Å². The number of ketones is 1. The van der Waals surface area contributed by atoms with Crippen molar-refractivity contribution in [2.45, 2.75) is 10.5 Å². The summed E-state index contributed by atoms with van der Waals surface area (Å²) < 4.78 is 299. The topological polar surface area (TPSA) is 43.1 Å². The monoisotopic (exact) mass is 1010 g/mol. The maximum absolute atomic E-state index is 15.4. The third-order valence-corrected chi connectivity index (χ3v) is 9.37. The fourth-order valence-corrected chi connectivity index (χ4v) is 6.69. The van der Waals surface area contributed by atoms with Crippen molar-refractivity contribution in [1.29, 1.82) is 0 Å². The number of ether oxygens (including phenoxy) is 1. The Labute approximate surface area is 362 Å². The molecule has 0 aliphatic rings. The van der Waals surface area contributed by atoms with Crippen LogP contribution in [0.1, 0.15) is 10.4 Å². The molecular formula is C37H10BCl3F20N2O2. The van der Waals surface area contributed by atoms with E-state index in [-0.39, 0.29) is 18.2 Å². The largest absolute Gasteiger partial charge is 0.391 e. The summed E-state index contributed by atoms with van der Waals surface area (Å²) in [5.74, 6) is -71.3. The maximum Gasteiger partial charge on any atom is 0.390 e. The fraction of sp³-hybridized carbons (Fsp3) is 0.0541. The minimum absolute atomic E-state index is 0.0581. The quantitative estimate of drug-likeness (QED) is 0.0292. The van der Waals surface area contributed by atoms with Crippen LogP contribution in [-0.2, 0) is 6.54 Å². The SMILES string of the molecule is Fc1c(F)c(F)c([B-](c2c(F)c(F)c(F)c(F)c2F)(c2c(F)c(F)c(F)c(F)c2F)c2c(F)c(F)c(F)c(F)c2F)c(F)c1F.O=C(C[n+]1ccncc1OC(Cl)(Cl)Cl)c1ccccc1. The Balaban J connectivity index is 0.000000330. The average molecular weight is 1010 g/mol. The highest BCUT2D eigenvalue weighted by molar-refractivity contribution is 7.20. The second-order valence-corrected chi connectivity index (χ2v) is 14.9. The Hall–Kier alpha value is -5.82. The molecule has 4 nitrogen and oxygen atoms in total. The zero-order chi connectivity index (χ0) is 48.9. The standard InChI is InChI=1S/C24BF20.C13H10Cl3N2O2/c26-5-1(6(27)14(35)21(42)13(5)34)25(2-7(28)15(36)22(43)16(37)8(2)29,3-9(30)17(38)23(44)18(39)10(3)31)4-11(32)19(40)24(45)20(41)12(4)33;14-13(15,16)20-12-8-17-6-7-18(12)9-11(19)10-4-2-1-3-5-10/h;1-8H,9H2/q-1;+1. The molecule has 0 N–H and O–H groups in total. The van der Waals surface area contributed by atoms with Crippen molar-refractivity contribution in [1.82, 2.24) is 4.98 Å². The molecule has 5 aromatic carbocycles. The van der Waals surface area contributed by atoms with Crippen molar-refractivity contribution < 1.29 is 102 Å². The van der Waals surface area contributed by atoms with Gasteiger partial charge in [0.15, 0.2) is 76.0 Å². The predicted octanol–water partition coefficient (Wildman–Crippen LogP) is 8.80. The second-order valence-electron chi connectivity index (χ2n) is 12.7. The summed E-state index contributed by atoms with van der Waals surface area (Å²) in [7, 11) is 0. The normalized spacial score (nSPS) is 11.7. The van der Waals surface area contributed by atoms with E-state index in [0.29, 0.717) is 5.56 Å². The van der Waals surface area contributed by atoms with Gasteiger partial charge in [0.2, 0.25) is 12.3 Å². The average Bonchev–Trinajstić information content (AvgIpc) is 3.27. The van der Waals surface area contributed by atoms with Gasteiger partial charge in [-0.1, -0.05) is 30.3 Å². The van der Waals surface area contributed by atoms with E-state index in [1.54, 1.807) is 30.5 Å². The van der Waals surface area contributed by atoms with Crippen LogP contribution in [0.5, 0.6) is 5.88 Å². The molecule has 65 heavy (non-hydrogen) atoms. The summed E-state index contributed by atoms with van der Waals surface area (Å²) in [5.41, 5.74) is -13.7. The van der Waals surface area contributed by atoms with Gasteiger partial charge in [0.25, 0.3) is 0 Å². The third-order valence-electron chi connectivity index (χ3n) is 9.14. The van der Waals surface area contributed by atoms with E-state index in [2.05, 4.69) is 4.98 Å². The van der Waals surface area contributed by atoms with Crippen LogP contribution in [0.4, 0.5) is 87.8 Å². The summed E-state index contributed by atoms with van der Waals surface area (Å²) in [6.45, 7) is 0.0581. The molecule has 0 radical (unpaired) electrons. The first-order chi connectivity index (χ1) is 30.2. The van der Waals surface area contributed by atoms with Gasteiger partial charge in [-0.15, -0.1) is 21.9 Å².